The maximum atomic E-state index is 11.6. The van der Waals surface area contributed by atoms with Gasteiger partial charge in [-0.1, -0.05) is 19.2 Å². The van der Waals surface area contributed by atoms with E-state index in [-0.39, 0.29) is 0 Å². The molecule has 3 N–H and O–H groups in total. The van der Waals surface area contributed by atoms with Crippen molar-refractivity contribution >= 4 is 13.8 Å². The Morgan fingerprint density at radius 2 is 1.88 bits per heavy atom. The Labute approximate surface area is 157 Å². The van der Waals surface area contributed by atoms with E-state index >= 15 is 0 Å². The molecule has 7 heteroatoms. The lowest BCUT2D eigenvalue weighted by Gasteiger charge is -2.32. The van der Waals surface area contributed by atoms with Gasteiger partial charge in [-0.15, -0.1) is 0 Å². The van der Waals surface area contributed by atoms with Crippen LogP contribution in [0.1, 0.15) is 36.8 Å². The van der Waals surface area contributed by atoms with Crippen molar-refractivity contribution in [2.75, 3.05) is 27.3 Å². The third-order valence-corrected chi connectivity index (χ3v) is 5.17. The Morgan fingerprint density at radius 1 is 1.23 bits per heavy atom. The van der Waals surface area contributed by atoms with E-state index in [4.69, 9.17) is 23.1 Å². The van der Waals surface area contributed by atoms with E-state index in [0.29, 0.717) is 31.5 Å². The van der Waals surface area contributed by atoms with E-state index in [9.17, 15) is 9.90 Å². The molecular weight excluding hydrogens is 331 g/mol. The minimum atomic E-state index is -1.19. The van der Waals surface area contributed by atoms with Crippen LogP contribution in [0.4, 0.5) is 0 Å². The lowest BCUT2D eigenvalue weighted by Crippen LogP contribution is -2.50. The van der Waals surface area contributed by atoms with Crippen molar-refractivity contribution in [1.82, 2.24) is 4.90 Å². The van der Waals surface area contributed by atoms with Crippen molar-refractivity contribution in [3.63, 3.8) is 0 Å². The molecule has 0 aromatic heterocycles. The lowest BCUT2D eigenvalue weighted by molar-refractivity contribution is -0.144. The van der Waals surface area contributed by atoms with Gasteiger partial charge in [0, 0.05) is 19.6 Å². The maximum Gasteiger partial charge on any atom is 0.323 e. The van der Waals surface area contributed by atoms with Crippen LogP contribution in [0.5, 0.6) is 11.5 Å². The standard InChI is InChI=1S/C19H29BN2O4/c1-25-16-11-14-5-9-22(13-15(14)12-17(16)26-2)10-7-19(21,18(23)24)6-3-4-8-20/h11-12H,3-10,13,21H2,1-2H3,(H,23,24). The van der Waals surface area contributed by atoms with Crippen molar-refractivity contribution in [1.29, 1.82) is 0 Å². The molecule has 6 nitrogen and oxygen atoms in total. The number of benzene rings is 1. The monoisotopic (exact) mass is 360 g/mol. The summed E-state index contributed by atoms with van der Waals surface area (Å²) in [5.74, 6) is 0.526. The van der Waals surface area contributed by atoms with Crippen LogP contribution in [0.15, 0.2) is 12.1 Å². The van der Waals surface area contributed by atoms with Gasteiger partial charge in [-0.25, -0.2) is 0 Å². The average Bonchev–Trinajstić information content (AvgIpc) is 2.65. The summed E-state index contributed by atoms with van der Waals surface area (Å²) in [6.07, 6.45) is 3.87. The molecule has 0 amide bonds. The molecule has 142 valence electrons. The first-order valence-corrected chi connectivity index (χ1v) is 9.12. The number of ether oxygens (including phenoxy) is 2. The molecule has 1 aliphatic rings. The molecule has 2 radical (unpaired) electrons. The first-order chi connectivity index (χ1) is 12.4. The first-order valence-electron chi connectivity index (χ1n) is 9.12. The highest BCUT2D eigenvalue weighted by Gasteiger charge is 2.34. The molecule has 0 saturated heterocycles. The van der Waals surface area contributed by atoms with E-state index < -0.39 is 11.5 Å². The van der Waals surface area contributed by atoms with Gasteiger partial charge in [0.1, 0.15) is 5.54 Å². The summed E-state index contributed by atoms with van der Waals surface area (Å²) in [6.45, 7) is 2.29. The van der Waals surface area contributed by atoms with Gasteiger partial charge in [0.2, 0.25) is 0 Å². The van der Waals surface area contributed by atoms with Crippen molar-refractivity contribution in [3.05, 3.63) is 23.3 Å². The molecular formula is C19H29BN2O4. The van der Waals surface area contributed by atoms with Crippen LogP contribution in [-0.4, -0.2) is 56.7 Å². The minimum absolute atomic E-state index is 0.426. The fraction of sp³-hybridized carbons (Fsp3) is 0.632. The number of hydrogen-bond acceptors (Lipinski definition) is 5. The number of fused-ring (bicyclic) bond motifs is 1. The third kappa shape index (κ3) is 4.92. The van der Waals surface area contributed by atoms with E-state index in [2.05, 4.69) is 4.90 Å². The summed E-state index contributed by atoms with van der Waals surface area (Å²) in [5.41, 5.74) is 7.42. The number of rotatable bonds is 10. The Morgan fingerprint density at radius 3 is 2.46 bits per heavy atom. The predicted octanol–water partition coefficient (Wildman–Crippen LogP) is 1.99. The Balaban J connectivity index is 2.00. The molecule has 1 unspecified atom stereocenters. The van der Waals surface area contributed by atoms with Gasteiger partial charge in [0.25, 0.3) is 0 Å². The van der Waals surface area contributed by atoms with Crippen LogP contribution >= 0.6 is 0 Å². The number of carboxylic acids is 1. The van der Waals surface area contributed by atoms with Gasteiger partial charge < -0.3 is 20.3 Å². The SMILES string of the molecule is [B]CCCCC(N)(CCN1CCc2cc(OC)c(OC)cc2C1)C(=O)O. The normalized spacial score (nSPS) is 16.6. The topological polar surface area (TPSA) is 85.0 Å². The van der Waals surface area contributed by atoms with Crippen LogP contribution in [0, 0.1) is 0 Å². The summed E-state index contributed by atoms with van der Waals surface area (Å²) in [4.78, 5) is 13.9. The van der Waals surface area contributed by atoms with Crippen LogP contribution in [0.2, 0.25) is 6.32 Å². The molecule has 26 heavy (non-hydrogen) atoms. The number of methoxy groups -OCH3 is 2. The largest absolute Gasteiger partial charge is 0.493 e. The summed E-state index contributed by atoms with van der Waals surface area (Å²) in [6, 6.07) is 4.04. The number of unbranched alkanes of at least 4 members (excludes halogenated alkanes) is 1. The third-order valence-electron chi connectivity index (χ3n) is 5.17. The van der Waals surface area contributed by atoms with E-state index in [1.165, 1.54) is 11.1 Å². The predicted molar refractivity (Wildman–Crippen MR) is 102 cm³/mol. The zero-order valence-corrected chi connectivity index (χ0v) is 15.8. The van der Waals surface area contributed by atoms with E-state index in [0.717, 1.165) is 38.1 Å². The highest BCUT2D eigenvalue weighted by Crippen LogP contribution is 2.33. The Bertz CT molecular complexity index is 626. The molecule has 0 bridgehead atoms. The van der Waals surface area contributed by atoms with Crippen molar-refractivity contribution in [3.8, 4) is 11.5 Å². The molecule has 1 aromatic rings. The zero-order valence-electron chi connectivity index (χ0n) is 15.8. The summed E-state index contributed by atoms with van der Waals surface area (Å²) < 4.78 is 10.8. The molecule has 2 rings (SSSR count). The molecule has 0 aliphatic carbocycles. The number of nitrogens with zero attached hydrogens (tertiary/aromatic N) is 1. The molecule has 0 fully saturated rings. The lowest BCUT2D eigenvalue weighted by atomic mass is 9.87. The maximum absolute atomic E-state index is 11.6. The summed E-state index contributed by atoms with van der Waals surface area (Å²) in [5, 5.41) is 9.54. The number of carboxylic acid groups (broad SMARTS) is 1. The van der Waals surface area contributed by atoms with Crippen molar-refractivity contribution < 1.29 is 19.4 Å². The second-order valence-electron chi connectivity index (χ2n) is 6.96. The smallest absolute Gasteiger partial charge is 0.323 e. The minimum Gasteiger partial charge on any atom is -0.493 e. The Hall–Kier alpha value is -1.73. The number of hydrogen-bond donors (Lipinski definition) is 2. The van der Waals surface area contributed by atoms with Gasteiger partial charge in [-0.2, -0.15) is 0 Å². The number of aliphatic carboxylic acids is 1. The van der Waals surface area contributed by atoms with Gasteiger partial charge >= 0.3 is 5.97 Å². The van der Waals surface area contributed by atoms with Crippen molar-refractivity contribution in [2.24, 2.45) is 5.73 Å². The fourth-order valence-electron chi connectivity index (χ4n) is 3.41. The number of nitrogens with two attached hydrogens (primary N) is 1. The average molecular weight is 360 g/mol. The van der Waals surface area contributed by atoms with Crippen LogP contribution in [0.25, 0.3) is 0 Å². The van der Waals surface area contributed by atoms with Gasteiger partial charge in [0.05, 0.1) is 22.1 Å². The quantitative estimate of drug-likeness (QED) is 0.490. The molecule has 1 aliphatic heterocycles. The van der Waals surface area contributed by atoms with E-state index in [1.54, 1.807) is 14.2 Å². The van der Waals surface area contributed by atoms with E-state index in [1.807, 2.05) is 12.1 Å². The molecule has 0 saturated carbocycles. The van der Waals surface area contributed by atoms with Crippen LogP contribution in [-0.2, 0) is 17.8 Å². The molecule has 1 heterocycles. The van der Waals surface area contributed by atoms with Crippen LogP contribution in [0.3, 0.4) is 0 Å². The Kier molecular flexibility index (Phi) is 7.35. The van der Waals surface area contributed by atoms with Crippen LogP contribution < -0.4 is 15.2 Å². The summed E-state index contributed by atoms with van der Waals surface area (Å²) in [7, 11) is 8.76. The first kappa shape index (κ1) is 20.6. The summed E-state index contributed by atoms with van der Waals surface area (Å²) >= 11 is 0. The molecule has 0 spiro atoms. The highest BCUT2D eigenvalue weighted by atomic mass is 16.5. The second kappa shape index (κ2) is 9.28. The zero-order chi connectivity index (χ0) is 19.2. The highest BCUT2D eigenvalue weighted by molar-refractivity contribution is 6.08. The van der Waals surface area contributed by atoms with Crippen molar-refractivity contribution in [2.45, 2.75) is 50.5 Å². The van der Waals surface area contributed by atoms with Gasteiger partial charge in [0.15, 0.2) is 11.5 Å². The van der Waals surface area contributed by atoms with Gasteiger partial charge in [-0.05, 0) is 42.5 Å². The molecule has 1 atom stereocenters. The second-order valence-corrected chi connectivity index (χ2v) is 6.96. The number of carbonyl (C=O) groups is 1. The van der Waals surface area contributed by atoms with Gasteiger partial charge in [-0.3, -0.25) is 9.69 Å². The fourth-order valence-corrected chi connectivity index (χ4v) is 3.41. The molecule has 1 aromatic carbocycles.